The minimum Gasteiger partial charge on any atom is -0.330 e. The van der Waals surface area contributed by atoms with Crippen molar-refractivity contribution < 1.29 is 43.9 Å². The third-order valence-corrected chi connectivity index (χ3v) is 9.55. The highest BCUT2D eigenvalue weighted by molar-refractivity contribution is 7.92. The third-order valence-electron chi connectivity index (χ3n) is 7.00. The molecule has 1 heterocycles. The number of carbonyl (C=O) groups is 1. The van der Waals surface area contributed by atoms with Gasteiger partial charge in [0.05, 0.1) is 10.9 Å². The Labute approximate surface area is 196 Å². The highest BCUT2D eigenvalue weighted by Crippen LogP contribution is 2.54. The number of carbonyl (C=O) groups excluding carboxylic acids is 1. The topological polar surface area (TPSA) is 54.5 Å². The first-order valence-electron chi connectivity index (χ1n) is 10.6. The van der Waals surface area contributed by atoms with Crippen LogP contribution in [0.2, 0.25) is 0 Å². The van der Waals surface area contributed by atoms with Crippen LogP contribution in [0.25, 0.3) is 0 Å². The van der Waals surface area contributed by atoms with Gasteiger partial charge in [-0.15, -0.1) is 0 Å². The van der Waals surface area contributed by atoms with Crippen LogP contribution in [0.3, 0.4) is 0 Å². The minimum absolute atomic E-state index is 0.0168. The molecule has 4 rings (SSSR count). The molecule has 0 radical (unpaired) electrons. The molecule has 4 nitrogen and oxygen atoms in total. The lowest BCUT2D eigenvalue weighted by atomic mass is 9.77. The van der Waals surface area contributed by atoms with Crippen molar-refractivity contribution in [3.63, 3.8) is 0 Å². The van der Waals surface area contributed by atoms with Gasteiger partial charge in [-0.2, -0.15) is 26.3 Å². The van der Waals surface area contributed by atoms with Crippen LogP contribution < -0.4 is 0 Å². The molecule has 0 bridgehead atoms. The number of sulfone groups is 1. The van der Waals surface area contributed by atoms with E-state index in [1.165, 1.54) is 24.3 Å². The summed E-state index contributed by atoms with van der Waals surface area (Å²) in [4.78, 5) is 12.5. The molecule has 2 aliphatic rings. The van der Waals surface area contributed by atoms with Crippen molar-refractivity contribution in [1.29, 1.82) is 0 Å². The predicted molar refractivity (Wildman–Crippen MR) is 111 cm³/mol. The first-order valence-corrected chi connectivity index (χ1v) is 12.1. The van der Waals surface area contributed by atoms with Crippen LogP contribution in [0.5, 0.6) is 0 Å². The number of hydrogen-bond donors (Lipinski definition) is 0. The second-order valence-electron chi connectivity index (χ2n) is 8.88. The summed E-state index contributed by atoms with van der Waals surface area (Å²) in [5, 5.41) is 0. The number of halogens is 7. The molecule has 0 aromatic heterocycles. The van der Waals surface area contributed by atoms with Crippen molar-refractivity contribution in [2.45, 2.75) is 59.9 Å². The van der Waals surface area contributed by atoms with E-state index in [1.54, 1.807) is 6.07 Å². The average Bonchev–Trinajstić information content (AvgIpc) is 3.18. The van der Waals surface area contributed by atoms with Crippen LogP contribution in [-0.4, -0.2) is 44.2 Å². The molecular weight excluding hydrogens is 503 g/mol. The van der Waals surface area contributed by atoms with E-state index in [0.717, 1.165) is 18.2 Å². The van der Waals surface area contributed by atoms with Gasteiger partial charge in [-0.3, -0.25) is 4.79 Å². The predicted octanol–water partition coefficient (Wildman–Crippen LogP) is 5.21. The molecule has 0 N–H and O–H groups in total. The van der Waals surface area contributed by atoms with Gasteiger partial charge < -0.3 is 4.90 Å². The molecule has 1 fully saturated rings. The molecule has 1 unspecified atom stereocenters. The van der Waals surface area contributed by atoms with Crippen LogP contribution in [0, 0.1) is 0 Å². The van der Waals surface area contributed by atoms with E-state index in [2.05, 4.69) is 0 Å². The summed E-state index contributed by atoms with van der Waals surface area (Å²) in [5.41, 5.74) is -4.39. The summed E-state index contributed by atoms with van der Waals surface area (Å²) in [7, 11) is -4.44. The first-order chi connectivity index (χ1) is 16.0. The molecule has 190 valence electrons. The molecule has 0 saturated carbocycles. The molecule has 12 heteroatoms. The van der Waals surface area contributed by atoms with Gasteiger partial charge in [0.1, 0.15) is 4.75 Å². The summed E-state index contributed by atoms with van der Waals surface area (Å²) >= 11 is 0. The normalized spacial score (nSPS) is 24.5. The van der Waals surface area contributed by atoms with Crippen molar-refractivity contribution >= 4 is 15.7 Å². The van der Waals surface area contributed by atoms with Gasteiger partial charge >= 0.3 is 18.3 Å². The Morgan fingerprint density at radius 2 is 1.63 bits per heavy atom. The lowest BCUT2D eigenvalue weighted by Crippen LogP contribution is -2.54. The summed E-state index contributed by atoms with van der Waals surface area (Å²) < 4.78 is 120. The highest BCUT2D eigenvalue weighted by Gasteiger charge is 2.63. The number of fused-ring (bicyclic) bond motifs is 3. The number of alkyl halides is 7. The Balaban J connectivity index is 1.94. The van der Waals surface area contributed by atoms with Crippen LogP contribution >= 0.6 is 0 Å². The third kappa shape index (κ3) is 3.71. The van der Waals surface area contributed by atoms with Crippen molar-refractivity contribution in [1.82, 2.24) is 4.90 Å². The average molecular weight is 523 g/mol. The van der Waals surface area contributed by atoms with Crippen LogP contribution in [0.15, 0.2) is 53.4 Å². The van der Waals surface area contributed by atoms with Crippen molar-refractivity contribution in [2.24, 2.45) is 0 Å². The van der Waals surface area contributed by atoms with Gasteiger partial charge in [-0.1, -0.05) is 36.4 Å². The Bertz CT molecular complexity index is 1260. The van der Waals surface area contributed by atoms with Gasteiger partial charge in [0.2, 0.25) is 5.67 Å². The highest BCUT2D eigenvalue weighted by atomic mass is 32.2. The van der Waals surface area contributed by atoms with Gasteiger partial charge in [0.25, 0.3) is 0 Å². The SMILES string of the molecule is CC(F)(c1ccc2c(c1)CC[C@H]1N(C(=O)C(F)(F)F)CC[C@@]21S(=O)(=O)c1ccccc1)C(F)(F)F. The van der Waals surface area contributed by atoms with E-state index < -0.39 is 63.1 Å². The summed E-state index contributed by atoms with van der Waals surface area (Å²) in [5.74, 6) is -2.18. The summed E-state index contributed by atoms with van der Waals surface area (Å²) in [6.45, 7) is -0.171. The summed E-state index contributed by atoms with van der Waals surface area (Å²) in [6.07, 6.45) is -11.3. The van der Waals surface area contributed by atoms with E-state index in [4.69, 9.17) is 0 Å². The Morgan fingerprint density at radius 1 is 1.00 bits per heavy atom. The number of likely N-dealkylation sites (tertiary alicyclic amines) is 1. The van der Waals surface area contributed by atoms with Gasteiger partial charge in [-0.05, 0) is 55.0 Å². The molecule has 2 aromatic rings. The fraction of sp³-hybridized carbons (Fsp3) is 0.435. The Kier molecular flexibility index (Phi) is 5.78. The molecule has 35 heavy (non-hydrogen) atoms. The Morgan fingerprint density at radius 3 is 2.20 bits per heavy atom. The molecule has 2 aromatic carbocycles. The lowest BCUT2D eigenvalue weighted by Gasteiger charge is -2.43. The zero-order chi connectivity index (χ0) is 26.0. The van der Waals surface area contributed by atoms with Gasteiger partial charge in [-0.25, -0.2) is 12.8 Å². The van der Waals surface area contributed by atoms with E-state index in [0.29, 0.717) is 11.8 Å². The zero-order valence-corrected chi connectivity index (χ0v) is 19.1. The number of hydrogen-bond acceptors (Lipinski definition) is 3. The van der Waals surface area contributed by atoms with Crippen molar-refractivity contribution in [3.05, 3.63) is 65.2 Å². The van der Waals surface area contributed by atoms with Crippen LogP contribution in [0.4, 0.5) is 30.7 Å². The Hall–Kier alpha value is -2.63. The molecular formula is C23H20F7NO3S. The number of amides is 1. The number of nitrogens with zero attached hydrogens (tertiary/aromatic N) is 1. The molecule has 3 atom stereocenters. The fourth-order valence-electron chi connectivity index (χ4n) is 5.20. The monoisotopic (exact) mass is 523 g/mol. The summed E-state index contributed by atoms with van der Waals surface area (Å²) in [6, 6.07) is 8.31. The van der Waals surface area contributed by atoms with E-state index in [9.17, 15) is 43.9 Å². The van der Waals surface area contributed by atoms with Gasteiger partial charge in [0, 0.05) is 6.54 Å². The van der Waals surface area contributed by atoms with E-state index in [1.807, 2.05) is 0 Å². The maximum absolute atomic E-state index is 14.6. The minimum atomic E-state index is -5.24. The molecule has 1 aliphatic heterocycles. The number of benzene rings is 2. The number of aryl methyl sites for hydroxylation is 1. The largest absolute Gasteiger partial charge is 0.471 e. The van der Waals surface area contributed by atoms with E-state index >= 15 is 0 Å². The molecule has 1 amide bonds. The molecule has 1 saturated heterocycles. The number of rotatable bonds is 3. The maximum atomic E-state index is 14.6. The van der Waals surface area contributed by atoms with Crippen LogP contribution in [-0.2, 0) is 31.5 Å². The fourth-order valence-corrected chi connectivity index (χ4v) is 7.59. The van der Waals surface area contributed by atoms with Crippen molar-refractivity contribution in [2.75, 3.05) is 6.54 Å². The molecule has 1 aliphatic carbocycles. The second kappa shape index (κ2) is 7.94. The zero-order valence-electron chi connectivity index (χ0n) is 18.3. The van der Waals surface area contributed by atoms with Gasteiger partial charge in [0.15, 0.2) is 9.84 Å². The standard InChI is InChI=1S/C23H20F7NO3S/c1-20(24,23(28,29)30)15-8-9-17-14(13-15)7-10-18-21(17,11-12-31(18)19(32)22(25,26)27)35(33,34)16-5-3-2-4-6-16/h2-6,8-9,13,18H,7,10-12H2,1H3/t18-,20?,21-/m1/s1. The second-order valence-corrected chi connectivity index (χ2v) is 11.1. The lowest BCUT2D eigenvalue weighted by molar-refractivity contribution is -0.228. The van der Waals surface area contributed by atoms with E-state index in [-0.39, 0.29) is 28.9 Å². The van der Waals surface area contributed by atoms with Crippen LogP contribution in [0.1, 0.15) is 36.5 Å². The van der Waals surface area contributed by atoms with Crippen molar-refractivity contribution in [3.8, 4) is 0 Å². The quantitative estimate of drug-likeness (QED) is 0.519. The maximum Gasteiger partial charge on any atom is 0.471 e. The molecule has 0 spiro atoms. The smallest absolute Gasteiger partial charge is 0.330 e. The first kappa shape index (κ1) is 25.5.